The molecule has 2 aromatic rings. The number of primary amides is 1. The van der Waals surface area contributed by atoms with Crippen LogP contribution in [0, 0.1) is 0 Å². The lowest BCUT2D eigenvalue weighted by molar-refractivity contribution is -0.132. The molecule has 0 bridgehead atoms. The Labute approximate surface area is 154 Å². The molecule has 0 aromatic heterocycles. The predicted octanol–water partition coefficient (Wildman–Crippen LogP) is 2.53. The van der Waals surface area contributed by atoms with Crippen molar-refractivity contribution in [3.8, 4) is 0 Å². The van der Waals surface area contributed by atoms with Crippen LogP contribution >= 0.6 is 12.4 Å². The van der Waals surface area contributed by atoms with E-state index in [1.807, 2.05) is 54.6 Å². The number of rotatable bonds is 8. The van der Waals surface area contributed by atoms with Crippen LogP contribution in [0.25, 0.3) is 0 Å². The highest BCUT2D eigenvalue weighted by atomic mass is 35.5. The number of aryl methyl sites for hydroxylation is 1. The van der Waals surface area contributed by atoms with E-state index in [-0.39, 0.29) is 24.7 Å². The molecule has 134 valence electrons. The van der Waals surface area contributed by atoms with Gasteiger partial charge in [0.25, 0.3) is 0 Å². The van der Waals surface area contributed by atoms with Gasteiger partial charge in [0, 0.05) is 31.6 Å². The number of para-hydroxylation sites is 1. The second-order valence-electron chi connectivity index (χ2n) is 5.72. The number of nitrogens with zero attached hydrogens (tertiary/aromatic N) is 1. The number of benzene rings is 2. The van der Waals surface area contributed by atoms with E-state index in [0.717, 1.165) is 11.1 Å². The summed E-state index contributed by atoms with van der Waals surface area (Å²) in [5, 5.41) is 0. The summed E-state index contributed by atoms with van der Waals surface area (Å²) in [6, 6.07) is 17.2. The van der Waals surface area contributed by atoms with Crippen molar-refractivity contribution in [2.45, 2.75) is 25.8 Å². The van der Waals surface area contributed by atoms with Crippen molar-refractivity contribution in [2.24, 2.45) is 5.73 Å². The minimum Gasteiger partial charge on any atom is -0.399 e. The Morgan fingerprint density at radius 2 is 1.56 bits per heavy atom. The van der Waals surface area contributed by atoms with Gasteiger partial charge in [0.15, 0.2) is 0 Å². The second-order valence-corrected chi connectivity index (χ2v) is 5.72. The third-order valence-corrected chi connectivity index (χ3v) is 3.86. The van der Waals surface area contributed by atoms with Gasteiger partial charge in [-0.2, -0.15) is 0 Å². The van der Waals surface area contributed by atoms with Gasteiger partial charge >= 0.3 is 0 Å². The number of halogens is 1. The fourth-order valence-electron chi connectivity index (χ4n) is 2.50. The third-order valence-electron chi connectivity index (χ3n) is 3.86. The normalized spacial score (nSPS) is 9.92. The molecule has 25 heavy (non-hydrogen) atoms. The molecule has 0 aliphatic rings. The maximum Gasteiger partial charge on any atom is 0.223 e. The number of carbonyl (C=O) groups is 2. The van der Waals surface area contributed by atoms with Crippen LogP contribution in [0.1, 0.15) is 24.0 Å². The van der Waals surface area contributed by atoms with Crippen molar-refractivity contribution < 1.29 is 9.59 Å². The lowest BCUT2D eigenvalue weighted by atomic mass is 10.1. The van der Waals surface area contributed by atoms with Gasteiger partial charge in [0.2, 0.25) is 11.8 Å². The van der Waals surface area contributed by atoms with Gasteiger partial charge < -0.3 is 16.4 Å². The van der Waals surface area contributed by atoms with Crippen molar-refractivity contribution in [3.63, 3.8) is 0 Å². The number of carbonyl (C=O) groups excluding carboxylic acids is 2. The van der Waals surface area contributed by atoms with E-state index < -0.39 is 5.91 Å². The number of amides is 2. The Balaban J connectivity index is 0.00000312. The molecule has 2 rings (SSSR count). The molecular formula is C19H24ClN3O2. The Kier molecular flexibility index (Phi) is 8.50. The lowest BCUT2D eigenvalue weighted by Crippen LogP contribution is -2.33. The summed E-state index contributed by atoms with van der Waals surface area (Å²) in [5.41, 5.74) is 13.8. The fraction of sp³-hybridized carbons (Fsp3) is 0.263. The Hall–Kier alpha value is -2.53. The van der Waals surface area contributed by atoms with Gasteiger partial charge in [-0.25, -0.2) is 0 Å². The Morgan fingerprint density at radius 1 is 0.920 bits per heavy atom. The predicted molar refractivity (Wildman–Crippen MR) is 102 cm³/mol. The highest BCUT2D eigenvalue weighted by Gasteiger charge is 2.15. The number of nitrogen functional groups attached to an aromatic ring is 1. The first-order chi connectivity index (χ1) is 11.6. The van der Waals surface area contributed by atoms with E-state index in [1.54, 1.807) is 4.90 Å². The fourth-order valence-corrected chi connectivity index (χ4v) is 2.50. The van der Waals surface area contributed by atoms with E-state index in [1.165, 1.54) is 0 Å². The van der Waals surface area contributed by atoms with Gasteiger partial charge in [-0.15, -0.1) is 12.4 Å². The minimum absolute atomic E-state index is 0. The molecule has 2 aromatic carbocycles. The van der Waals surface area contributed by atoms with Crippen LogP contribution in [0.15, 0.2) is 54.6 Å². The molecule has 0 spiro atoms. The molecule has 2 amide bonds. The summed E-state index contributed by atoms with van der Waals surface area (Å²) in [5.74, 6) is -0.420. The molecule has 0 saturated heterocycles. The molecule has 0 aliphatic heterocycles. The summed E-state index contributed by atoms with van der Waals surface area (Å²) in [6.07, 6.45) is 1.08. The molecule has 5 nitrogen and oxygen atoms in total. The number of hydrogen-bond acceptors (Lipinski definition) is 3. The zero-order valence-electron chi connectivity index (χ0n) is 14.1. The zero-order valence-corrected chi connectivity index (χ0v) is 14.9. The van der Waals surface area contributed by atoms with Crippen molar-refractivity contribution in [2.75, 3.05) is 12.3 Å². The average molecular weight is 362 g/mol. The van der Waals surface area contributed by atoms with E-state index in [0.29, 0.717) is 31.6 Å². The largest absolute Gasteiger partial charge is 0.399 e. The number of hydrogen-bond donors (Lipinski definition) is 2. The zero-order chi connectivity index (χ0) is 17.4. The first-order valence-electron chi connectivity index (χ1n) is 7.99. The Bertz CT molecular complexity index is 692. The van der Waals surface area contributed by atoms with Crippen LogP contribution in [0.3, 0.4) is 0 Å². The topological polar surface area (TPSA) is 89.4 Å². The Morgan fingerprint density at radius 3 is 2.20 bits per heavy atom. The lowest BCUT2D eigenvalue weighted by Gasteiger charge is -2.22. The first kappa shape index (κ1) is 20.5. The van der Waals surface area contributed by atoms with E-state index in [2.05, 4.69) is 0 Å². The van der Waals surface area contributed by atoms with Gasteiger partial charge in [0.05, 0.1) is 0 Å². The highest BCUT2D eigenvalue weighted by molar-refractivity contribution is 5.85. The molecule has 0 radical (unpaired) electrons. The van der Waals surface area contributed by atoms with Crippen LogP contribution in [0.2, 0.25) is 0 Å². The molecule has 0 unspecified atom stereocenters. The third kappa shape index (κ3) is 6.85. The van der Waals surface area contributed by atoms with Crippen LogP contribution < -0.4 is 11.5 Å². The molecule has 0 saturated carbocycles. The molecule has 0 atom stereocenters. The van der Waals surface area contributed by atoms with Gasteiger partial charge in [-0.3, -0.25) is 9.59 Å². The molecule has 0 aliphatic carbocycles. The number of anilines is 1. The van der Waals surface area contributed by atoms with Crippen LogP contribution in [-0.4, -0.2) is 23.3 Å². The van der Waals surface area contributed by atoms with Crippen LogP contribution in [0.5, 0.6) is 0 Å². The van der Waals surface area contributed by atoms with Crippen LogP contribution in [-0.2, 0) is 22.6 Å². The molecule has 0 heterocycles. The van der Waals surface area contributed by atoms with E-state index in [9.17, 15) is 9.59 Å². The maximum atomic E-state index is 12.6. The molecule has 4 N–H and O–H groups in total. The summed E-state index contributed by atoms with van der Waals surface area (Å²) < 4.78 is 0. The molecular weight excluding hydrogens is 338 g/mol. The number of nitrogens with two attached hydrogens (primary N) is 2. The molecule has 0 fully saturated rings. The summed E-state index contributed by atoms with van der Waals surface area (Å²) in [4.78, 5) is 25.3. The van der Waals surface area contributed by atoms with Crippen molar-refractivity contribution in [1.29, 1.82) is 0 Å². The molecule has 6 heteroatoms. The van der Waals surface area contributed by atoms with Crippen LogP contribution in [0.4, 0.5) is 5.69 Å². The van der Waals surface area contributed by atoms with Crippen molar-refractivity contribution in [3.05, 3.63) is 65.7 Å². The first-order valence-corrected chi connectivity index (χ1v) is 7.99. The average Bonchev–Trinajstić information content (AvgIpc) is 2.58. The monoisotopic (exact) mass is 361 g/mol. The van der Waals surface area contributed by atoms with Gasteiger partial charge in [-0.05, 0) is 23.6 Å². The van der Waals surface area contributed by atoms with E-state index in [4.69, 9.17) is 11.5 Å². The summed E-state index contributed by atoms with van der Waals surface area (Å²) in [7, 11) is 0. The summed E-state index contributed by atoms with van der Waals surface area (Å²) in [6.45, 7) is 0.796. The highest BCUT2D eigenvalue weighted by Crippen LogP contribution is 2.14. The van der Waals surface area contributed by atoms with E-state index >= 15 is 0 Å². The second kappa shape index (κ2) is 10.4. The van der Waals surface area contributed by atoms with Crippen molar-refractivity contribution in [1.82, 2.24) is 4.90 Å². The summed E-state index contributed by atoms with van der Waals surface area (Å²) >= 11 is 0. The quantitative estimate of drug-likeness (QED) is 0.708. The van der Waals surface area contributed by atoms with Crippen molar-refractivity contribution >= 4 is 29.9 Å². The SMILES string of the molecule is Cl.NC(=O)CCN(Cc1ccccc1)C(=O)CCc1ccccc1N. The maximum absolute atomic E-state index is 12.6. The van der Waals surface area contributed by atoms with Gasteiger partial charge in [-0.1, -0.05) is 48.5 Å². The van der Waals surface area contributed by atoms with Gasteiger partial charge in [0.1, 0.15) is 0 Å². The smallest absolute Gasteiger partial charge is 0.223 e. The minimum atomic E-state index is -0.409. The standard InChI is InChI=1S/C19H23N3O2.ClH/c20-17-9-5-4-8-16(17)10-11-19(24)22(13-12-18(21)23)14-15-6-2-1-3-7-15;/h1-9H,10-14,20H2,(H2,21,23);1H.